The molecule has 1 rings (SSSR count). The molecule has 0 aromatic heterocycles. The van der Waals surface area contributed by atoms with E-state index in [-0.39, 0.29) is 0 Å². The Morgan fingerprint density at radius 1 is 1.50 bits per heavy atom. The second kappa shape index (κ2) is 6.37. The lowest BCUT2D eigenvalue weighted by molar-refractivity contribution is 0.350. The number of rotatable bonds is 4. The highest BCUT2D eigenvalue weighted by molar-refractivity contribution is 5.78. The van der Waals surface area contributed by atoms with E-state index in [4.69, 9.17) is 11.0 Å². The summed E-state index contributed by atoms with van der Waals surface area (Å²) < 4.78 is 0. The molecule has 1 fully saturated rings. The zero-order valence-corrected chi connectivity index (χ0v) is 10.3. The van der Waals surface area contributed by atoms with Crippen molar-refractivity contribution in [2.24, 2.45) is 10.7 Å². The number of nitriles is 1. The third kappa shape index (κ3) is 3.73. The molecule has 0 atom stereocenters. The van der Waals surface area contributed by atoms with Crippen LogP contribution in [0.2, 0.25) is 0 Å². The molecule has 0 bridgehead atoms. The van der Waals surface area contributed by atoms with Gasteiger partial charge in [-0.1, -0.05) is 12.8 Å². The molecule has 0 aromatic carbocycles. The molecule has 1 aliphatic carbocycles. The van der Waals surface area contributed by atoms with Gasteiger partial charge in [0.05, 0.1) is 18.5 Å². The van der Waals surface area contributed by atoms with Gasteiger partial charge in [-0.05, 0) is 26.7 Å². The average Bonchev–Trinajstić information content (AvgIpc) is 2.70. The molecule has 0 unspecified atom stereocenters. The zero-order chi connectivity index (χ0) is 12.0. The fraction of sp³-hybridized carbons (Fsp3) is 0.833. The average molecular weight is 222 g/mol. The molecule has 2 N–H and O–H groups in total. The van der Waals surface area contributed by atoms with Gasteiger partial charge in [-0.2, -0.15) is 5.26 Å². The maximum Gasteiger partial charge on any atom is 0.191 e. The van der Waals surface area contributed by atoms with Crippen LogP contribution in [0.4, 0.5) is 0 Å². The molecule has 1 saturated carbocycles. The lowest BCUT2D eigenvalue weighted by Crippen LogP contribution is -2.43. The van der Waals surface area contributed by atoms with Gasteiger partial charge in [0, 0.05) is 12.6 Å². The van der Waals surface area contributed by atoms with Crippen molar-refractivity contribution in [3.05, 3.63) is 0 Å². The second-order valence-electron chi connectivity index (χ2n) is 4.62. The van der Waals surface area contributed by atoms with Crippen LogP contribution in [0.3, 0.4) is 0 Å². The molecular weight excluding hydrogens is 200 g/mol. The van der Waals surface area contributed by atoms with E-state index >= 15 is 0 Å². The maximum atomic E-state index is 8.61. The standard InChI is InChI=1S/C12H22N4/c1-10(2)16(9-5-8-13)12(14)15-11-6-3-4-7-11/h10-11H,3-7,9H2,1-2H3,(H2,14,15). The van der Waals surface area contributed by atoms with Crippen LogP contribution in [0.5, 0.6) is 0 Å². The Morgan fingerprint density at radius 2 is 2.12 bits per heavy atom. The molecule has 0 spiro atoms. The molecule has 0 amide bonds. The van der Waals surface area contributed by atoms with Gasteiger partial charge >= 0.3 is 0 Å². The van der Waals surface area contributed by atoms with Crippen molar-refractivity contribution in [1.82, 2.24) is 4.90 Å². The van der Waals surface area contributed by atoms with Crippen molar-refractivity contribution in [2.75, 3.05) is 6.54 Å². The van der Waals surface area contributed by atoms with Gasteiger partial charge in [0.2, 0.25) is 0 Å². The first-order valence-corrected chi connectivity index (χ1v) is 6.12. The lowest BCUT2D eigenvalue weighted by Gasteiger charge is -2.27. The van der Waals surface area contributed by atoms with Crippen LogP contribution in [0.15, 0.2) is 4.99 Å². The molecule has 0 radical (unpaired) electrons. The minimum absolute atomic E-state index is 0.304. The number of aliphatic imine (C=N–C) groups is 1. The minimum atomic E-state index is 0.304. The third-order valence-electron chi connectivity index (χ3n) is 3.02. The van der Waals surface area contributed by atoms with Crippen LogP contribution in [-0.2, 0) is 0 Å². The Morgan fingerprint density at radius 3 is 2.62 bits per heavy atom. The molecule has 1 aliphatic rings. The van der Waals surface area contributed by atoms with E-state index in [0.29, 0.717) is 31.0 Å². The molecule has 0 aromatic rings. The highest BCUT2D eigenvalue weighted by Crippen LogP contribution is 2.21. The molecule has 4 heteroatoms. The van der Waals surface area contributed by atoms with Crippen LogP contribution in [-0.4, -0.2) is 29.5 Å². The van der Waals surface area contributed by atoms with Crippen molar-refractivity contribution in [3.63, 3.8) is 0 Å². The van der Waals surface area contributed by atoms with Gasteiger partial charge in [-0.15, -0.1) is 0 Å². The first-order valence-electron chi connectivity index (χ1n) is 6.12. The number of nitrogens with zero attached hydrogens (tertiary/aromatic N) is 3. The Hall–Kier alpha value is -1.24. The largest absolute Gasteiger partial charge is 0.370 e. The highest BCUT2D eigenvalue weighted by atomic mass is 15.3. The minimum Gasteiger partial charge on any atom is -0.370 e. The Kier molecular flexibility index (Phi) is 5.10. The van der Waals surface area contributed by atoms with Crippen molar-refractivity contribution >= 4 is 5.96 Å². The molecule has 0 saturated heterocycles. The van der Waals surface area contributed by atoms with E-state index in [0.717, 1.165) is 12.8 Å². The fourth-order valence-electron chi connectivity index (χ4n) is 2.10. The van der Waals surface area contributed by atoms with Gasteiger partial charge in [-0.3, -0.25) is 0 Å². The smallest absolute Gasteiger partial charge is 0.191 e. The first kappa shape index (κ1) is 12.8. The Balaban J connectivity index is 2.58. The van der Waals surface area contributed by atoms with Crippen molar-refractivity contribution in [1.29, 1.82) is 5.26 Å². The SMILES string of the molecule is CC(C)N(CCC#N)C(N)=NC1CCCC1. The lowest BCUT2D eigenvalue weighted by atomic mass is 10.2. The van der Waals surface area contributed by atoms with Gasteiger partial charge in [0.25, 0.3) is 0 Å². The molecule has 0 aliphatic heterocycles. The van der Waals surface area contributed by atoms with E-state index in [1.165, 1.54) is 12.8 Å². The Labute approximate surface area is 98.1 Å². The van der Waals surface area contributed by atoms with Crippen LogP contribution in [0.1, 0.15) is 46.0 Å². The fourth-order valence-corrected chi connectivity index (χ4v) is 2.10. The summed E-state index contributed by atoms with van der Waals surface area (Å²) in [7, 11) is 0. The molecule has 16 heavy (non-hydrogen) atoms. The van der Waals surface area contributed by atoms with E-state index in [1.54, 1.807) is 0 Å². The van der Waals surface area contributed by atoms with E-state index < -0.39 is 0 Å². The zero-order valence-electron chi connectivity index (χ0n) is 10.3. The number of hydrogen-bond acceptors (Lipinski definition) is 2. The first-order chi connectivity index (χ1) is 7.65. The summed E-state index contributed by atoms with van der Waals surface area (Å²) in [4.78, 5) is 6.58. The normalized spacial score (nSPS) is 17.8. The molecule has 0 heterocycles. The van der Waals surface area contributed by atoms with Crippen LogP contribution in [0.25, 0.3) is 0 Å². The van der Waals surface area contributed by atoms with E-state index in [1.807, 2.05) is 4.90 Å². The summed E-state index contributed by atoms with van der Waals surface area (Å²) in [6.07, 6.45) is 5.34. The van der Waals surface area contributed by atoms with E-state index in [9.17, 15) is 0 Å². The second-order valence-corrected chi connectivity index (χ2v) is 4.62. The number of guanidine groups is 1. The summed E-state index contributed by atoms with van der Waals surface area (Å²) in [5.41, 5.74) is 6.01. The van der Waals surface area contributed by atoms with Gasteiger partial charge in [0.1, 0.15) is 0 Å². The summed E-state index contributed by atoms with van der Waals surface area (Å²) >= 11 is 0. The number of nitrogens with two attached hydrogens (primary N) is 1. The van der Waals surface area contributed by atoms with Crippen LogP contribution in [0, 0.1) is 11.3 Å². The molecule has 90 valence electrons. The summed E-state index contributed by atoms with van der Waals surface area (Å²) in [5, 5.41) is 8.61. The quantitative estimate of drug-likeness (QED) is 0.583. The van der Waals surface area contributed by atoms with Gasteiger partial charge < -0.3 is 10.6 Å². The number of hydrogen-bond donors (Lipinski definition) is 1. The van der Waals surface area contributed by atoms with Gasteiger partial charge in [-0.25, -0.2) is 4.99 Å². The molecule has 4 nitrogen and oxygen atoms in total. The predicted molar refractivity (Wildman–Crippen MR) is 66.0 cm³/mol. The van der Waals surface area contributed by atoms with Crippen molar-refractivity contribution in [3.8, 4) is 6.07 Å². The van der Waals surface area contributed by atoms with Crippen LogP contribution < -0.4 is 5.73 Å². The van der Waals surface area contributed by atoms with E-state index in [2.05, 4.69) is 24.9 Å². The molecular formula is C12H22N4. The predicted octanol–water partition coefficient (Wildman–Crippen LogP) is 1.87. The summed E-state index contributed by atoms with van der Waals surface area (Å²) in [6.45, 7) is 4.83. The monoisotopic (exact) mass is 222 g/mol. The van der Waals surface area contributed by atoms with Crippen molar-refractivity contribution in [2.45, 2.75) is 58.0 Å². The maximum absolute atomic E-state index is 8.61. The topological polar surface area (TPSA) is 65.4 Å². The summed E-state index contributed by atoms with van der Waals surface area (Å²) in [6, 6.07) is 2.86. The van der Waals surface area contributed by atoms with Gasteiger partial charge in [0.15, 0.2) is 5.96 Å². The van der Waals surface area contributed by atoms with Crippen LogP contribution >= 0.6 is 0 Å². The highest BCUT2D eigenvalue weighted by Gasteiger charge is 2.17. The third-order valence-corrected chi connectivity index (χ3v) is 3.02. The summed E-state index contributed by atoms with van der Waals surface area (Å²) in [5.74, 6) is 0.608. The van der Waals surface area contributed by atoms with Crippen molar-refractivity contribution < 1.29 is 0 Å². The Bertz CT molecular complexity index is 271.